The molecule has 0 saturated heterocycles. The maximum atomic E-state index is 10.5. The van der Waals surface area contributed by atoms with E-state index in [1.54, 1.807) is 12.1 Å². The van der Waals surface area contributed by atoms with Crippen molar-refractivity contribution in [2.75, 3.05) is 0 Å². The van der Waals surface area contributed by atoms with Gasteiger partial charge in [-0.2, -0.15) is 0 Å². The van der Waals surface area contributed by atoms with Gasteiger partial charge >= 0.3 is 97.7 Å². The molecular weight excluding hydrogens is 300 g/mol. The third-order valence-electron chi connectivity index (χ3n) is 2.56. The first-order chi connectivity index (χ1) is 7.00. The predicted molar refractivity (Wildman–Crippen MR) is 63.7 cm³/mol. The van der Waals surface area contributed by atoms with Crippen molar-refractivity contribution in [3.63, 3.8) is 0 Å². The Morgan fingerprint density at radius 2 is 1.87 bits per heavy atom. The summed E-state index contributed by atoms with van der Waals surface area (Å²) in [6, 6.07) is 6.93. The molecule has 15 heavy (non-hydrogen) atoms. The monoisotopic (exact) mass is 315 g/mol. The van der Waals surface area contributed by atoms with Gasteiger partial charge in [0.25, 0.3) is 0 Å². The first-order valence-corrected chi connectivity index (χ1v) is 11.5. The molecule has 0 heterocycles. The SMILES string of the molecule is C[CH](Cc1ccc([N+](=O)[O-])cc1)[Sb]([CH3])[CH3]. The number of nitro groups is 1. The topological polar surface area (TPSA) is 43.1 Å². The van der Waals surface area contributed by atoms with Crippen LogP contribution < -0.4 is 0 Å². The van der Waals surface area contributed by atoms with Gasteiger partial charge < -0.3 is 0 Å². The normalized spacial score (nSPS) is 12.8. The van der Waals surface area contributed by atoms with Crippen LogP contribution in [0, 0.1) is 10.1 Å². The molecule has 0 fully saturated rings. The minimum atomic E-state index is -0.997. The summed E-state index contributed by atoms with van der Waals surface area (Å²) < 4.78 is 0.787. The van der Waals surface area contributed by atoms with Crippen molar-refractivity contribution in [3.8, 4) is 0 Å². The van der Waals surface area contributed by atoms with Crippen LogP contribution in [0.15, 0.2) is 24.3 Å². The molecule has 0 aliphatic rings. The first-order valence-electron chi connectivity index (χ1n) is 4.90. The number of benzene rings is 1. The van der Waals surface area contributed by atoms with Gasteiger partial charge in [0.1, 0.15) is 0 Å². The molecule has 0 bridgehead atoms. The van der Waals surface area contributed by atoms with Gasteiger partial charge in [-0.05, 0) is 0 Å². The number of nitro benzene ring substituents is 1. The fourth-order valence-corrected chi connectivity index (χ4v) is 2.92. The molecule has 1 unspecified atom stereocenters. The molecule has 1 atom stereocenters. The number of rotatable bonds is 4. The molecule has 0 aromatic heterocycles. The summed E-state index contributed by atoms with van der Waals surface area (Å²) in [7, 11) is 0. The maximum absolute atomic E-state index is 10.5. The molecule has 1 rings (SSSR count). The first kappa shape index (κ1) is 12.5. The second-order valence-corrected chi connectivity index (χ2v) is 12.0. The second-order valence-electron chi connectivity index (χ2n) is 3.94. The zero-order chi connectivity index (χ0) is 11.4. The van der Waals surface area contributed by atoms with E-state index in [2.05, 4.69) is 16.7 Å². The van der Waals surface area contributed by atoms with E-state index >= 15 is 0 Å². The minimum absolute atomic E-state index is 0.178. The number of nitrogens with zero attached hydrogens (tertiary/aromatic N) is 1. The van der Waals surface area contributed by atoms with Gasteiger partial charge in [0.2, 0.25) is 0 Å². The van der Waals surface area contributed by atoms with E-state index < -0.39 is 20.2 Å². The van der Waals surface area contributed by atoms with E-state index in [1.165, 1.54) is 5.56 Å². The fraction of sp³-hybridized carbons (Fsp3) is 0.455. The molecule has 0 amide bonds. The summed E-state index contributed by atoms with van der Waals surface area (Å²) >= 11 is -0.997. The molecular formula is C11H16NO2Sb. The second kappa shape index (κ2) is 5.50. The third kappa shape index (κ3) is 3.83. The molecule has 0 spiro atoms. The molecule has 0 radical (unpaired) electrons. The number of hydrogen-bond acceptors (Lipinski definition) is 2. The van der Waals surface area contributed by atoms with E-state index in [4.69, 9.17) is 0 Å². The van der Waals surface area contributed by atoms with Crippen LogP contribution in [0.1, 0.15) is 12.5 Å². The quantitative estimate of drug-likeness (QED) is 0.486. The van der Waals surface area contributed by atoms with Crippen LogP contribution in [-0.2, 0) is 6.42 Å². The average molecular weight is 316 g/mol. The number of non-ortho nitro benzene ring substituents is 1. The molecule has 0 saturated carbocycles. The Labute approximate surface area is 97.6 Å². The van der Waals surface area contributed by atoms with E-state index in [1.807, 2.05) is 12.1 Å². The van der Waals surface area contributed by atoms with Crippen molar-refractivity contribution in [2.24, 2.45) is 0 Å². The van der Waals surface area contributed by atoms with Crippen LogP contribution in [-0.4, -0.2) is 25.1 Å². The van der Waals surface area contributed by atoms with Crippen molar-refractivity contribution in [3.05, 3.63) is 39.9 Å². The Morgan fingerprint density at radius 1 is 1.33 bits per heavy atom. The zero-order valence-corrected chi connectivity index (χ0v) is 11.9. The Hall–Kier alpha value is -0.562. The van der Waals surface area contributed by atoms with E-state index in [0.29, 0.717) is 0 Å². The van der Waals surface area contributed by atoms with E-state index in [0.717, 1.165) is 10.3 Å². The van der Waals surface area contributed by atoms with Crippen molar-refractivity contribution in [1.29, 1.82) is 0 Å². The van der Waals surface area contributed by atoms with Gasteiger partial charge in [0.05, 0.1) is 0 Å². The molecule has 1 aromatic carbocycles. The molecule has 0 aliphatic carbocycles. The standard InChI is InChI=1S/C9H10NO2.2CH3.Sb/c1-2-3-8-4-6-9(7-5-8)10(11)12;;;/h2,4-7H,3H2,1H3;2*1H3;. The van der Waals surface area contributed by atoms with Gasteiger partial charge in [0.15, 0.2) is 0 Å². The average Bonchev–Trinajstić information content (AvgIpc) is 2.18. The Morgan fingerprint density at radius 3 is 2.27 bits per heavy atom. The predicted octanol–water partition coefficient (Wildman–Crippen LogP) is 3.28. The van der Waals surface area contributed by atoms with Crippen molar-refractivity contribution >= 4 is 25.9 Å². The van der Waals surface area contributed by atoms with Crippen LogP contribution in [0.5, 0.6) is 0 Å². The Balaban J connectivity index is 2.68. The zero-order valence-electron chi connectivity index (χ0n) is 9.30. The van der Waals surface area contributed by atoms with Gasteiger partial charge in [-0.1, -0.05) is 0 Å². The van der Waals surface area contributed by atoms with Gasteiger partial charge in [-0.3, -0.25) is 0 Å². The fourth-order valence-electron chi connectivity index (χ4n) is 1.28. The third-order valence-corrected chi connectivity index (χ3v) is 8.11. The Kier molecular flexibility index (Phi) is 4.59. The molecule has 0 aliphatic heterocycles. The van der Waals surface area contributed by atoms with Crippen LogP contribution in [0.25, 0.3) is 0 Å². The molecule has 3 nitrogen and oxygen atoms in total. The van der Waals surface area contributed by atoms with Crippen LogP contribution in [0.3, 0.4) is 0 Å². The van der Waals surface area contributed by atoms with Gasteiger partial charge in [-0.25, -0.2) is 0 Å². The van der Waals surface area contributed by atoms with Crippen molar-refractivity contribution in [1.82, 2.24) is 0 Å². The van der Waals surface area contributed by atoms with Crippen molar-refractivity contribution < 1.29 is 4.92 Å². The van der Waals surface area contributed by atoms with Gasteiger partial charge in [-0.15, -0.1) is 0 Å². The summed E-state index contributed by atoms with van der Waals surface area (Å²) in [5.41, 5.74) is 1.39. The van der Waals surface area contributed by atoms with Crippen molar-refractivity contribution in [2.45, 2.75) is 26.9 Å². The van der Waals surface area contributed by atoms with E-state index in [-0.39, 0.29) is 10.6 Å². The molecule has 82 valence electrons. The van der Waals surface area contributed by atoms with Crippen LogP contribution >= 0.6 is 0 Å². The number of hydrogen-bond donors (Lipinski definition) is 0. The summed E-state index contributed by atoms with van der Waals surface area (Å²) in [6.45, 7) is 2.28. The molecule has 4 heteroatoms. The summed E-state index contributed by atoms with van der Waals surface area (Å²) in [5, 5.41) is 10.5. The molecule has 0 N–H and O–H groups in total. The molecule has 1 aromatic rings. The summed E-state index contributed by atoms with van der Waals surface area (Å²) in [5.74, 6) is 0. The van der Waals surface area contributed by atoms with Crippen LogP contribution in [0.4, 0.5) is 5.69 Å². The Bertz CT molecular complexity index is 335. The summed E-state index contributed by atoms with van der Waals surface area (Å²) in [6.07, 6.45) is 1.06. The summed E-state index contributed by atoms with van der Waals surface area (Å²) in [4.78, 5) is 14.9. The van der Waals surface area contributed by atoms with Gasteiger partial charge in [0, 0.05) is 0 Å². The van der Waals surface area contributed by atoms with E-state index in [9.17, 15) is 10.1 Å². The van der Waals surface area contributed by atoms with Crippen LogP contribution in [0.2, 0.25) is 13.6 Å².